The average Bonchev–Trinajstić information content (AvgIpc) is 3.07. The lowest BCUT2D eigenvalue weighted by atomic mass is 10.1. The third-order valence-corrected chi connectivity index (χ3v) is 4.55. The summed E-state index contributed by atoms with van der Waals surface area (Å²) in [5, 5.41) is 10.1. The predicted octanol–water partition coefficient (Wildman–Crippen LogP) is 3.45. The Kier molecular flexibility index (Phi) is 3.58. The van der Waals surface area contributed by atoms with Crippen molar-refractivity contribution in [2.24, 2.45) is 10.3 Å². The molecule has 0 radical (unpaired) electrons. The van der Waals surface area contributed by atoms with E-state index >= 15 is 0 Å². The van der Waals surface area contributed by atoms with Crippen LogP contribution >= 0.6 is 11.6 Å². The van der Waals surface area contributed by atoms with Crippen molar-refractivity contribution in [3.63, 3.8) is 0 Å². The maximum atomic E-state index is 13.0. The first-order valence-corrected chi connectivity index (χ1v) is 8.25. The van der Waals surface area contributed by atoms with E-state index in [0.717, 1.165) is 11.1 Å². The lowest BCUT2D eigenvalue weighted by molar-refractivity contribution is -0.121. The summed E-state index contributed by atoms with van der Waals surface area (Å²) < 4.78 is 0. The number of fused-ring (bicyclic) bond motifs is 1. The topological polar surface area (TPSA) is 65.3 Å². The molecule has 0 aromatic heterocycles. The quantitative estimate of drug-likeness (QED) is 0.776. The van der Waals surface area contributed by atoms with E-state index in [1.54, 1.807) is 24.3 Å². The molecule has 0 bridgehead atoms. The van der Waals surface area contributed by atoms with Crippen LogP contribution in [-0.2, 0) is 9.59 Å². The van der Waals surface area contributed by atoms with Gasteiger partial charge in [-0.3, -0.25) is 9.59 Å². The van der Waals surface area contributed by atoms with E-state index in [1.807, 2.05) is 32.0 Å². The first-order valence-electron chi connectivity index (χ1n) is 7.87. The fourth-order valence-electron chi connectivity index (χ4n) is 3.33. The Morgan fingerprint density at radius 3 is 2.36 bits per heavy atom. The highest BCUT2D eigenvalue weighted by Crippen LogP contribution is 2.35. The van der Waals surface area contributed by atoms with Crippen LogP contribution in [0.1, 0.15) is 11.1 Å². The van der Waals surface area contributed by atoms with Gasteiger partial charge in [0.15, 0.2) is 12.1 Å². The van der Waals surface area contributed by atoms with Gasteiger partial charge in [0.1, 0.15) is 0 Å². The highest BCUT2D eigenvalue weighted by Gasteiger charge is 2.55. The van der Waals surface area contributed by atoms with Crippen LogP contribution in [0.2, 0.25) is 5.02 Å². The molecule has 0 unspecified atom stereocenters. The lowest BCUT2D eigenvalue weighted by Gasteiger charge is -2.21. The van der Waals surface area contributed by atoms with Crippen LogP contribution < -0.4 is 9.91 Å². The maximum absolute atomic E-state index is 13.0. The van der Waals surface area contributed by atoms with Crippen molar-refractivity contribution in [1.29, 1.82) is 0 Å². The third kappa shape index (κ3) is 2.49. The fourth-order valence-corrected chi connectivity index (χ4v) is 3.51. The molecular formula is C18H15ClN4O2. The summed E-state index contributed by atoms with van der Waals surface area (Å²) in [6.07, 6.45) is 0. The number of amides is 2. The number of aryl methyl sites for hydroxylation is 2. The second-order valence-electron chi connectivity index (χ2n) is 6.28. The minimum absolute atomic E-state index is 0.329. The van der Waals surface area contributed by atoms with Gasteiger partial charge < -0.3 is 0 Å². The maximum Gasteiger partial charge on any atom is 0.263 e. The molecule has 1 saturated heterocycles. The molecule has 6 nitrogen and oxygen atoms in total. The van der Waals surface area contributed by atoms with Crippen LogP contribution in [0.5, 0.6) is 0 Å². The molecular weight excluding hydrogens is 340 g/mol. The molecule has 7 heteroatoms. The summed E-state index contributed by atoms with van der Waals surface area (Å²) in [5.74, 6) is -0.682. The third-order valence-electron chi connectivity index (χ3n) is 4.32. The first-order chi connectivity index (χ1) is 12.0. The van der Waals surface area contributed by atoms with E-state index in [9.17, 15) is 9.59 Å². The summed E-state index contributed by atoms with van der Waals surface area (Å²) >= 11 is 6.03. The van der Waals surface area contributed by atoms with Crippen molar-refractivity contribution in [3.8, 4) is 0 Å². The fraction of sp³-hybridized carbons (Fsp3) is 0.222. The van der Waals surface area contributed by atoms with Crippen LogP contribution in [0, 0.1) is 13.8 Å². The van der Waals surface area contributed by atoms with E-state index in [0.29, 0.717) is 16.4 Å². The number of carbonyl (C=O) groups is 2. The van der Waals surface area contributed by atoms with Gasteiger partial charge in [-0.25, -0.2) is 9.91 Å². The second-order valence-corrected chi connectivity index (χ2v) is 6.71. The summed E-state index contributed by atoms with van der Waals surface area (Å²) in [6.45, 7) is 3.86. The lowest BCUT2D eigenvalue weighted by Crippen LogP contribution is -2.39. The van der Waals surface area contributed by atoms with E-state index in [2.05, 4.69) is 10.3 Å². The van der Waals surface area contributed by atoms with E-state index in [-0.39, 0.29) is 11.8 Å². The van der Waals surface area contributed by atoms with E-state index < -0.39 is 12.1 Å². The van der Waals surface area contributed by atoms with Crippen LogP contribution in [0.4, 0.5) is 11.4 Å². The van der Waals surface area contributed by atoms with Crippen molar-refractivity contribution in [1.82, 2.24) is 0 Å². The summed E-state index contributed by atoms with van der Waals surface area (Å²) in [6, 6.07) is 11.0. The number of halogens is 1. The van der Waals surface area contributed by atoms with Crippen molar-refractivity contribution >= 4 is 34.8 Å². The van der Waals surface area contributed by atoms with Gasteiger partial charge in [-0.15, -0.1) is 0 Å². The van der Waals surface area contributed by atoms with Gasteiger partial charge in [0.25, 0.3) is 11.8 Å². The summed E-state index contributed by atoms with van der Waals surface area (Å²) in [7, 11) is 0. The van der Waals surface area contributed by atoms with Gasteiger partial charge in [-0.05, 0) is 55.3 Å². The normalized spacial score (nSPS) is 22.0. The molecule has 4 rings (SSSR count). The number of anilines is 2. The molecule has 25 heavy (non-hydrogen) atoms. The van der Waals surface area contributed by atoms with Gasteiger partial charge in [-0.1, -0.05) is 29.0 Å². The van der Waals surface area contributed by atoms with Gasteiger partial charge in [0.05, 0.1) is 11.4 Å². The van der Waals surface area contributed by atoms with Crippen molar-refractivity contribution in [2.75, 3.05) is 9.91 Å². The van der Waals surface area contributed by atoms with Crippen molar-refractivity contribution in [2.45, 2.75) is 25.9 Å². The van der Waals surface area contributed by atoms with Gasteiger partial charge >= 0.3 is 0 Å². The Hall–Kier alpha value is -2.73. The highest BCUT2D eigenvalue weighted by molar-refractivity contribution is 6.31. The van der Waals surface area contributed by atoms with Crippen molar-refractivity contribution < 1.29 is 9.59 Å². The van der Waals surface area contributed by atoms with Crippen LogP contribution in [0.25, 0.3) is 0 Å². The van der Waals surface area contributed by atoms with Crippen LogP contribution in [0.15, 0.2) is 52.8 Å². The Bertz CT molecular complexity index is 907. The molecule has 2 aliphatic rings. The van der Waals surface area contributed by atoms with E-state index in [4.69, 9.17) is 11.6 Å². The first kappa shape index (κ1) is 15.8. The molecule has 2 atom stereocenters. The van der Waals surface area contributed by atoms with Crippen LogP contribution in [0.3, 0.4) is 0 Å². The largest absolute Gasteiger partial charge is 0.271 e. The second kappa shape index (κ2) is 5.67. The zero-order chi connectivity index (χ0) is 17.7. The molecule has 0 saturated carbocycles. The van der Waals surface area contributed by atoms with Gasteiger partial charge in [0.2, 0.25) is 0 Å². The summed E-state index contributed by atoms with van der Waals surface area (Å²) in [5.41, 5.74) is 3.18. The Morgan fingerprint density at radius 2 is 1.68 bits per heavy atom. The molecule has 1 fully saturated rings. The minimum Gasteiger partial charge on any atom is -0.271 e. The SMILES string of the molecule is Cc1cc(C)cc(N2C(=O)[C@@H]3N=NN(c4cccc(Cl)c4)[C@H]3C2=O)c1. The van der Waals surface area contributed by atoms with Gasteiger partial charge in [0, 0.05) is 5.02 Å². The molecule has 126 valence electrons. The van der Waals surface area contributed by atoms with Crippen LogP contribution in [-0.4, -0.2) is 23.9 Å². The molecule has 0 N–H and O–H groups in total. The predicted molar refractivity (Wildman–Crippen MR) is 94.8 cm³/mol. The minimum atomic E-state index is -0.827. The average molecular weight is 355 g/mol. The van der Waals surface area contributed by atoms with E-state index in [1.165, 1.54) is 9.91 Å². The summed E-state index contributed by atoms with van der Waals surface area (Å²) in [4.78, 5) is 27.0. The number of nitrogens with zero attached hydrogens (tertiary/aromatic N) is 4. The molecule has 2 heterocycles. The molecule has 2 aromatic carbocycles. The zero-order valence-electron chi connectivity index (χ0n) is 13.7. The van der Waals surface area contributed by atoms with Gasteiger partial charge in [-0.2, -0.15) is 5.11 Å². The number of hydrogen-bond acceptors (Lipinski definition) is 5. The number of rotatable bonds is 2. The molecule has 0 spiro atoms. The number of benzene rings is 2. The zero-order valence-corrected chi connectivity index (χ0v) is 14.4. The molecule has 2 aromatic rings. The Morgan fingerprint density at radius 1 is 0.960 bits per heavy atom. The standard InChI is InChI=1S/C18H15ClN4O2/c1-10-6-11(2)8-14(7-10)22-17(24)15-16(18(22)25)23(21-20-15)13-5-3-4-12(19)9-13/h3-9,15-16H,1-2H3/t15-,16-/m1/s1. The molecule has 2 aliphatic heterocycles. The smallest absolute Gasteiger partial charge is 0.263 e. The highest BCUT2D eigenvalue weighted by atomic mass is 35.5. The Balaban J connectivity index is 1.73. The Labute approximate surface area is 149 Å². The number of hydrogen-bond donors (Lipinski definition) is 0. The number of imide groups is 1. The number of carbonyl (C=O) groups excluding carboxylic acids is 2. The molecule has 2 amide bonds. The molecule has 0 aliphatic carbocycles. The monoisotopic (exact) mass is 354 g/mol. The van der Waals surface area contributed by atoms with Crippen molar-refractivity contribution in [3.05, 3.63) is 58.6 Å².